The molecule has 1 N–H and O–H groups in total. The summed E-state index contributed by atoms with van der Waals surface area (Å²) in [7, 11) is 0. The third-order valence-electron chi connectivity index (χ3n) is 8.44. The maximum absolute atomic E-state index is 12.2. The van der Waals surface area contributed by atoms with Gasteiger partial charge in [-0.3, -0.25) is 4.79 Å². The van der Waals surface area contributed by atoms with Crippen molar-refractivity contribution in [1.82, 2.24) is 0 Å². The van der Waals surface area contributed by atoms with E-state index in [0.717, 1.165) is 25.7 Å². The predicted molar refractivity (Wildman–Crippen MR) is 196 cm³/mol. The molecule has 4 nitrogen and oxygen atoms in total. The molecule has 264 valence electrons. The Balaban J connectivity index is 3.44. The lowest BCUT2D eigenvalue weighted by molar-refractivity contribution is -0.154. The SMILES string of the molecule is CCCC/C=C\CCCCCCCCOCC(CO)OC(=O)CCCCCCCCCCC/C=C\C/C=C\CCCCCCC. The molecule has 0 aliphatic rings. The van der Waals surface area contributed by atoms with Crippen LogP contribution in [0.4, 0.5) is 0 Å². The highest BCUT2D eigenvalue weighted by Gasteiger charge is 2.13. The van der Waals surface area contributed by atoms with Crippen LogP contribution in [0.3, 0.4) is 0 Å². The fraction of sp³-hybridized carbons (Fsp3) is 0.829. The first-order valence-corrected chi connectivity index (χ1v) is 19.6. The molecule has 4 heteroatoms. The third-order valence-corrected chi connectivity index (χ3v) is 8.44. The molecule has 0 aromatic heterocycles. The van der Waals surface area contributed by atoms with E-state index in [2.05, 4.69) is 50.3 Å². The van der Waals surface area contributed by atoms with Crippen LogP contribution in [0.15, 0.2) is 36.5 Å². The van der Waals surface area contributed by atoms with Crippen LogP contribution in [0.5, 0.6) is 0 Å². The number of hydrogen-bond acceptors (Lipinski definition) is 4. The fourth-order valence-corrected chi connectivity index (χ4v) is 5.46. The Morgan fingerprint density at radius 2 is 0.956 bits per heavy atom. The van der Waals surface area contributed by atoms with Crippen LogP contribution in [0.1, 0.15) is 194 Å². The second-order valence-corrected chi connectivity index (χ2v) is 13.0. The van der Waals surface area contributed by atoms with Gasteiger partial charge in [-0.2, -0.15) is 0 Å². The van der Waals surface area contributed by atoms with Crippen molar-refractivity contribution in [1.29, 1.82) is 0 Å². The van der Waals surface area contributed by atoms with Crippen molar-refractivity contribution in [2.45, 2.75) is 200 Å². The molecule has 0 saturated heterocycles. The van der Waals surface area contributed by atoms with E-state index in [1.54, 1.807) is 0 Å². The molecule has 0 fully saturated rings. The summed E-state index contributed by atoms with van der Waals surface area (Å²) in [6.07, 6.45) is 47.6. The monoisotopic (exact) mass is 633 g/mol. The minimum Gasteiger partial charge on any atom is -0.457 e. The summed E-state index contributed by atoms with van der Waals surface area (Å²) in [5.41, 5.74) is 0. The second kappa shape index (κ2) is 38.8. The van der Waals surface area contributed by atoms with Crippen molar-refractivity contribution in [2.24, 2.45) is 0 Å². The number of hydrogen-bond donors (Lipinski definition) is 1. The van der Waals surface area contributed by atoms with Crippen LogP contribution in [0, 0.1) is 0 Å². The topological polar surface area (TPSA) is 55.8 Å². The van der Waals surface area contributed by atoms with E-state index < -0.39 is 6.10 Å². The van der Waals surface area contributed by atoms with Crippen LogP contribution < -0.4 is 0 Å². The highest BCUT2D eigenvalue weighted by molar-refractivity contribution is 5.69. The van der Waals surface area contributed by atoms with E-state index >= 15 is 0 Å². The maximum atomic E-state index is 12.2. The lowest BCUT2D eigenvalue weighted by Gasteiger charge is -2.15. The van der Waals surface area contributed by atoms with Gasteiger partial charge in [0.15, 0.2) is 0 Å². The molecule has 0 aromatic carbocycles. The summed E-state index contributed by atoms with van der Waals surface area (Å²) in [5.74, 6) is -0.208. The number of unbranched alkanes of at least 4 members (excludes halogenated alkanes) is 22. The number of aliphatic hydroxyl groups excluding tert-OH is 1. The van der Waals surface area contributed by atoms with Crippen molar-refractivity contribution in [3.05, 3.63) is 36.5 Å². The fourth-order valence-electron chi connectivity index (χ4n) is 5.46. The Kier molecular flexibility index (Phi) is 37.6. The van der Waals surface area contributed by atoms with Crippen molar-refractivity contribution in [3.63, 3.8) is 0 Å². The molecule has 0 radical (unpaired) electrons. The van der Waals surface area contributed by atoms with E-state index in [-0.39, 0.29) is 12.6 Å². The van der Waals surface area contributed by atoms with Gasteiger partial charge in [0.25, 0.3) is 0 Å². The summed E-state index contributed by atoms with van der Waals surface area (Å²) in [5, 5.41) is 9.56. The molecular weight excluding hydrogens is 556 g/mol. The molecule has 0 aliphatic heterocycles. The van der Waals surface area contributed by atoms with Gasteiger partial charge < -0.3 is 14.6 Å². The van der Waals surface area contributed by atoms with E-state index in [9.17, 15) is 9.90 Å². The molecule has 0 aliphatic carbocycles. The van der Waals surface area contributed by atoms with Gasteiger partial charge in [-0.1, -0.05) is 159 Å². The van der Waals surface area contributed by atoms with E-state index in [0.29, 0.717) is 19.6 Å². The van der Waals surface area contributed by atoms with Crippen LogP contribution in [0.25, 0.3) is 0 Å². The zero-order chi connectivity index (χ0) is 32.7. The molecule has 0 saturated carbocycles. The van der Waals surface area contributed by atoms with Gasteiger partial charge in [0.1, 0.15) is 6.10 Å². The smallest absolute Gasteiger partial charge is 0.306 e. The second-order valence-electron chi connectivity index (χ2n) is 13.0. The molecular formula is C41H76O4. The number of rotatable bonds is 36. The molecule has 45 heavy (non-hydrogen) atoms. The van der Waals surface area contributed by atoms with Crippen molar-refractivity contribution >= 4 is 5.97 Å². The van der Waals surface area contributed by atoms with Gasteiger partial charge in [0.05, 0.1) is 13.2 Å². The van der Waals surface area contributed by atoms with Crippen LogP contribution in [-0.4, -0.2) is 37.0 Å². The summed E-state index contributed by atoms with van der Waals surface area (Å²) in [6, 6.07) is 0. The van der Waals surface area contributed by atoms with Crippen molar-refractivity contribution in [3.8, 4) is 0 Å². The molecule has 0 amide bonds. The first kappa shape index (κ1) is 43.6. The zero-order valence-corrected chi connectivity index (χ0v) is 30.1. The number of esters is 1. The molecule has 1 atom stereocenters. The van der Waals surface area contributed by atoms with Crippen molar-refractivity contribution < 1.29 is 19.4 Å². The zero-order valence-electron chi connectivity index (χ0n) is 30.1. The Morgan fingerprint density at radius 3 is 1.47 bits per heavy atom. The number of ether oxygens (including phenoxy) is 2. The van der Waals surface area contributed by atoms with E-state index in [1.807, 2.05) is 0 Å². The number of aliphatic hydroxyl groups is 1. The van der Waals surface area contributed by atoms with Gasteiger partial charge in [0.2, 0.25) is 0 Å². The van der Waals surface area contributed by atoms with Crippen LogP contribution in [0.2, 0.25) is 0 Å². The Bertz CT molecular complexity index is 668. The normalized spacial score (nSPS) is 12.7. The van der Waals surface area contributed by atoms with Gasteiger partial charge in [0, 0.05) is 13.0 Å². The van der Waals surface area contributed by atoms with Crippen molar-refractivity contribution in [2.75, 3.05) is 19.8 Å². The summed E-state index contributed by atoms with van der Waals surface area (Å²) < 4.78 is 11.1. The lowest BCUT2D eigenvalue weighted by atomic mass is 10.1. The van der Waals surface area contributed by atoms with Crippen LogP contribution >= 0.6 is 0 Å². The Labute approximate surface area is 280 Å². The van der Waals surface area contributed by atoms with Gasteiger partial charge >= 0.3 is 5.97 Å². The first-order chi connectivity index (χ1) is 22.2. The minimum atomic E-state index is -0.537. The number of carbonyl (C=O) groups excluding carboxylic acids is 1. The average molecular weight is 633 g/mol. The number of carbonyl (C=O) groups is 1. The quantitative estimate of drug-likeness (QED) is 0.0424. The highest BCUT2D eigenvalue weighted by atomic mass is 16.6. The maximum Gasteiger partial charge on any atom is 0.306 e. The summed E-state index contributed by atoms with van der Waals surface area (Å²) >= 11 is 0. The standard InChI is InChI=1S/C41H76O4/c1-3-5-7-9-11-13-15-17-18-19-20-21-22-23-24-25-26-28-30-32-34-36-41(43)45-40(38-42)39-44-37-35-33-31-29-27-16-14-12-10-8-6-4-2/h10,12,15,17,19-20,40,42H,3-9,11,13-14,16,18,21-39H2,1-2H3/b12-10-,17-15-,20-19-. The Hall–Kier alpha value is -1.39. The summed E-state index contributed by atoms with van der Waals surface area (Å²) in [6.45, 7) is 5.29. The molecule has 0 rings (SSSR count). The third kappa shape index (κ3) is 36.9. The molecule has 0 bridgehead atoms. The molecule has 0 heterocycles. The largest absolute Gasteiger partial charge is 0.457 e. The molecule has 0 spiro atoms. The van der Waals surface area contributed by atoms with Crippen LogP contribution in [-0.2, 0) is 14.3 Å². The van der Waals surface area contributed by atoms with Gasteiger partial charge in [-0.25, -0.2) is 0 Å². The molecule has 1 unspecified atom stereocenters. The van der Waals surface area contributed by atoms with E-state index in [1.165, 1.54) is 148 Å². The lowest BCUT2D eigenvalue weighted by Crippen LogP contribution is -2.27. The van der Waals surface area contributed by atoms with Gasteiger partial charge in [-0.05, 0) is 64.2 Å². The Morgan fingerprint density at radius 1 is 0.533 bits per heavy atom. The van der Waals surface area contributed by atoms with E-state index in [4.69, 9.17) is 9.47 Å². The predicted octanol–water partition coefficient (Wildman–Crippen LogP) is 12.5. The first-order valence-electron chi connectivity index (χ1n) is 19.6. The molecule has 0 aromatic rings. The average Bonchev–Trinajstić information content (AvgIpc) is 3.05. The minimum absolute atomic E-state index is 0.175. The number of allylic oxidation sites excluding steroid dienone is 6. The summed E-state index contributed by atoms with van der Waals surface area (Å²) in [4.78, 5) is 12.2. The van der Waals surface area contributed by atoms with Gasteiger partial charge in [-0.15, -0.1) is 0 Å². The highest BCUT2D eigenvalue weighted by Crippen LogP contribution is 2.13.